The molecule has 0 aliphatic heterocycles. The van der Waals surface area contributed by atoms with E-state index in [1.165, 1.54) is 12.5 Å². The van der Waals surface area contributed by atoms with Crippen molar-refractivity contribution >= 4 is 11.8 Å². The van der Waals surface area contributed by atoms with Crippen molar-refractivity contribution in [2.24, 2.45) is 11.8 Å². The first-order valence-corrected chi connectivity index (χ1v) is 8.81. The molecule has 3 N–H and O–H groups in total. The van der Waals surface area contributed by atoms with E-state index in [1.807, 2.05) is 30.3 Å². The number of nitrogens with one attached hydrogen (secondary N) is 3. The monoisotopic (exact) mass is 338 g/mol. The number of hydrogen-bond acceptors (Lipinski definition) is 3. The zero-order valence-corrected chi connectivity index (χ0v) is 13.9. The molecule has 0 unspecified atom stereocenters. The highest BCUT2D eigenvalue weighted by molar-refractivity contribution is 5.92. The lowest BCUT2D eigenvalue weighted by atomic mass is 9.71. The van der Waals surface area contributed by atoms with Crippen molar-refractivity contribution < 1.29 is 9.59 Å². The molecule has 1 aromatic carbocycles. The third kappa shape index (κ3) is 3.43. The van der Waals surface area contributed by atoms with E-state index in [9.17, 15) is 9.59 Å². The highest BCUT2D eigenvalue weighted by Crippen LogP contribution is 2.47. The fraction of sp³-hybridized carbons (Fsp3) is 0.421. The molecule has 4 atom stereocenters. The van der Waals surface area contributed by atoms with Gasteiger partial charge < -0.3 is 15.6 Å². The molecule has 2 aliphatic rings. The Morgan fingerprint density at radius 3 is 2.72 bits per heavy atom. The minimum Gasteiger partial charge on any atom is -0.353 e. The van der Waals surface area contributed by atoms with Crippen molar-refractivity contribution in [3.05, 3.63) is 54.1 Å². The number of hydrogen-bond donors (Lipinski definition) is 3. The summed E-state index contributed by atoms with van der Waals surface area (Å²) in [5.41, 5.74) is 1.53. The van der Waals surface area contributed by atoms with Crippen molar-refractivity contribution in [2.75, 3.05) is 0 Å². The van der Waals surface area contributed by atoms with Gasteiger partial charge in [0.25, 0.3) is 5.91 Å². The quantitative estimate of drug-likeness (QED) is 0.775. The van der Waals surface area contributed by atoms with Crippen LogP contribution in [0.2, 0.25) is 0 Å². The summed E-state index contributed by atoms with van der Waals surface area (Å²) in [6, 6.07) is 10.2. The molecule has 1 aromatic heterocycles. The number of nitrogens with zero attached hydrogens (tertiary/aromatic N) is 1. The van der Waals surface area contributed by atoms with Gasteiger partial charge in [-0.3, -0.25) is 9.59 Å². The molecule has 0 saturated heterocycles. The number of H-pyrrole nitrogens is 1. The van der Waals surface area contributed by atoms with Gasteiger partial charge in [0.2, 0.25) is 5.91 Å². The molecule has 25 heavy (non-hydrogen) atoms. The van der Waals surface area contributed by atoms with Gasteiger partial charge in [-0.2, -0.15) is 0 Å². The molecule has 0 radical (unpaired) electrons. The van der Waals surface area contributed by atoms with E-state index in [-0.39, 0.29) is 23.9 Å². The Kier molecular flexibility index (Phi) is 4.26. The van der Waals surface area contributed by atoms with Crippen LogP contribution in [0.5, 0.6) is 0 Å². The Labute approximate surface area is 146 Å². The van der Waals surface area contributed by atoms with E-state index in [2.05, 4.69) is 20.6 Å². The lowest BCUT2D eigenvalue weighted by Crippen LogP contribution is -2.50. The standard InChI is InChI=1S/C19H22N4O2/c24-18(6-12-4-2-1-3-5-12)23-16-8-13-7-14(9-15(13)16)22-19(25)17-10-20-11-21-17/h1-5,10-11,13-16H,6-9H2,(H,20,21)(H,22,25)(H,23,24)/t13-,14+,15-,16+/m0/s1. The molecule has 2 aromatic rings. The van der Waals surface area contributed by atoms with Gasteiger partial charge in [-0.25, -0.2) is 4.98 Å². The average molecular weight is 338 g/mol. The third-order valence-corrected chi connectivity index (χ3v) is 5.45. The van der Waals surface area contributed by atoms with Gasteiger partial charge in [-0.15, -0.1) is 0 Å². The van der Waals surface area contributed by atoms with Gasteiger partial charge >= 0.3 is 0 Å². The van der Waals surface area contributed by atoms with Crippen LogP contribution in [-0.4, -0.2) is 33.9 Å². The van der Waals surface area contributed by atoms with Crippen LogP contribution in [-0.2, 0) is 11.2 Å². The third-order valence-electron chi connectivity index (χ3n) is 5.45. The van der Waals surface area contributed by atoms with E-state index >= 15 is 0 Å². The van der Waals surface area contributed by atoms with Gasteiger partial charge in [0.15, 0.2) is 0 Å². The predicted octanol–water partition coefficient (Wildman–Crippen LogP) is 1.67. The summed E-state index contributed by atoms with van der Waals surface area (Å²) in [4.78, 5) is 31.0. The Hall–Kier alpha value is -2.63. The van der Waals surface area contributed by atoms with Gasteiger partial charge in [0, 0.05) is 12.1 Å². The van der Waals surface area contributed by atoms with Crippen LogP contribution < -0.4 is 10.6 Å². The molecule has 1 heterocycles. The SMILES string of the molecule is O=C(Cc1ccccc1)N[C@@H]1C[C@@H]2C[C@@H](NC(=O)c3cnc[nH]3)C[C@@H]21. The number of fused-ring (bicyclic) bond motifs is 1. The van der Waals surface area contributed by atoms with Crippen molar-refractivity contribution in [3.8, 4) is 0 Å². The minimum atomic E-state index is -0.103. The van der Waals surface area contributed by atoms with Crippen molar-refractivity contribution in [3.63, 3.8) is 0 Å². The largest absolute Gasteiger partial charge is 0.353 e. The van der Waals surface area contributed by atoms with Crippen molar-refractivity contribution in [1.82, 2.24) is 20.6 Å². The van der Waals surface area contributed by atoms with Crippen LogP contribution in [0.3, 0.4) is 0 Å². The van der Waals surface area contributed by atoms with E-state index in [4.69, 9.17) is 0 Å². The number of rotatable bonds is 5. The van der Waals surface area contributed by atoms with E-state index in [0.29, 0.717) is 24.0 Å². The van der Waals surface area contributed by atoms with Gasteiger partial charge in [-0.1, -0.05) is 30.3 Å². The van der Waals surface area contributed by atoms with Gasteiger partial charge in [-0.05, 0) is 36.7 Å². The fourth-order valence-electron chi connectivity index (χ4n) is 4.19. The second kappa shape index (κ2) is 6.70. The molecular formula is C19H22N4O2. The number of benzene rings is 1. The molecular weight excluding hydrogens is 316 g/mol. The molecule has 2 fully saturated rings. The summed E-state index contributed by atoms with van der Waals surface area (Å²) in [5.74, 6) is 1.06. The molecule has 2 aliphatic carbocycles. The van der Waals surface area contributed by atoms with E-state index < -0.39 is 0 Å². The lowest BCUT2D eigenvalue weighted by Gasteiger charge is -2.40. The average Bonchev–Trinajstić information content (AvgIpc) is 3.23. The molecule has 6 nitrogen and oxygen atoms in total. The van der Waals surface area contributed by atoms with Crippen LogP contribution in [0, 0.1) is 11.8 Å². The highest BCUT2D eigenvalue weighted by Gasteiger charge is 2.48. The molecule has 2 saturated carbocycles. The first kappa shape index (κ1) is 15.9. The zero-order chi connectivity index (χ0) is 17.2. The Bertz CT molecular complexity index is 744. The maximum Gasteiger partial charge on any atom is 0.269 e. The number of carbonyl (C=O) groups is 2. The van der Waals surface area contributed by atoms with Gasteiger partial charge in [0.05, 0.1) is 18.9 Å². The topological polar surface area (TPSA) is 86.9 Å². The molecule has 4 rings (SSSR count). The van der Waals surface area contributed by atoms with Crippen LogP contribution in [0.4, 0.5) is 0 Å². The second-order valence-electron chi connectivity index (χ2n) is 7.10. The van der Waals surface area contributed by atoms with Crippen molar-refractivity contribution in [2.45, 2.75) is 37.8 Å². The van der Waals surface area contributed by atoms with Crippen LogP contribution >= 0.6 is 0 Å². The van der Waals surface area contributed by atoms with Crippen LogP contribution in [0.1, 0.15) is 35.3 Å². The molecule has 2 amide bonds. The smallest absolute Gasteiger partial charge is 0.269 e. The highest BCUT2D eigenvalue weighted by atomic mass is 16.2. The number of aromatic amines is 1. The summed E-state index contributed by atoms with van der Waals surface area (Å²) in [5, 5.41) is 6.24. The number of amides is 2. The number of imidazole rings is 1. The zero-order valence-electron chi connectivity index (χ0n) is 13.9. The summed E-state index contributed by atoms with van der Waals surface area (Å²) in [6.45, 7) is 0. The molecule has 130 valence electrons. The number of carbonyl (C=O) groups excluding carboxylic acids is 2. The molecule has 6 heteroatoms. The molecule has 0 bridgehead atoms. The van der Waals surface area contributed by atoms with E-state index in [0.717, 1.165) is 24.8 Å². The lowest BCUT2D eigenvalue weighted by molar-refractivity contribution is -0.122. The first-order chi connectivity index (χ1) is 12.2. The summed E-state index contributed by atoms with van der Waals surface area (Å²) in [7, 11) is 0. The van der Waals surface area contributed by atoms with Crippen LogP contribution in [0.15, 0.2) is 42.9 Å². The molecule has 0 spiro atoms. The Morgan fingerprint density at radius 1 is 1.12 bits per heavy atom. The predicted molar refractivity (Wildman–Crippen MR) is 92.7 cm³/mol. The normalized spacial score (nSPS) is 27.2. The summed E-state index contributed by atoms with van der Waals surface area (Å²) in [6.07, 6.45) is 6.41. The van der Waals surface area contributed by atoms with Gasteiger partial charge in [0.1, 0.15) is 5.69 Å². The minimum absolute atomic E-state index is 0.0830. The van der Waals surface area contributed by atoms with E-state index in [1.54, 1.807) is 0 Å². The Balaban J connectivity index is 1.26. The van der Waals surface area contributed by atoms with Crippen molar-refractivity contribution in [1.29, 1.82) is 0 Å². The summed E-state index contributed by atoms with van der Waals surface area (Å²) >= 11 is 0. The second-order valence-corrected chi connectivity index (χ2v) is 7.10. The summed E-state index contributed by atoms with van der Waals surface area (Å²) < 4.78 is 0. The fourth-order valence-corrected chi connectivity index (χ4v) is 4.19. The first-order valence-electron chi connectivity index (χ1n) is 8.81. The van der Waals surface area contributed by atoms with Crippen LogP contribution in [0.25, 0.3) is 0 Å². The number of aromatic nitrogens is 2. The maximum absolute atomic E-state index is 12.2. The maximum atomic E-state index is 12.2. The Morgan fingerprint density at radius 2 is 1.96 bits per heavy atom.